The van der Waals surface area contributed by atoms with Crippen molar-refractivity contribution in [3.8, 4) is 11.8 Å². The fourth-order valence-corrected chi connectivity index (χ4v) is 2.40. The van der Waals surface area contributed by atoms with E-state index in [-0.39, 0.29) is 23.0 Å². The SMILES string of the molecule is C[C@H]1C[C@H](OC(=O)c2ccc(-n3ncc(C#N)c3N)cc2)C(=O)O1. The highest BCUT2D eigenvalue weighted by atomic mass is 16.6. The summed E-state index contributed by atoms with van der Waals surface area (Å²) in [6, 6.07) is 8.25. The van der Waals surface area contributed by atoms with Gasteiger partial charge in [-0.1, -0.05) is 0 Å². The van der Waals surface area contributed by atoms with Crippen molar-refractivity contribution < 1.29 is 19.1 Å². The third-order valence-electron chi connectivity index (χ3n) is 3.65. The Labute approximate surface area is 137 Å². The number of nitrogens with zero attached hydrogens (tertiary/aromatic N) is 3. The first-order valence-electron chi connectivity index (χ1n) is 7.25. The fourth-order valence-electron chi connectivity index (χ4n) is 2.40. The maximum Gasteiger partial charge on any atom is 0.347 e. The zero-order valence-corrected chi connectivity index (χ0v) is 12.8. The first-order chi connectivity index (χ1) is 11.5. The van der Waals surface area contributed by atoms with Crippen LogP contribution in [0, 0.1) is 11.3 Å². The number of hydrogen-bond donors (Lipinski definition) is 1. The maximum absolute atomic E-state index is 12.1. The number of cyclic esters (lactones) is 1. The molecule has 1 saturated heterocycles. The largest absolute Gasteiger partial charge is 0.460 e. The average molecular weight is 326 g/mol. The molecule has 0 unspecified atom stereocenters. The van der Waals surface area contributed by atoms with Crippen LogP contribution < -0.4 is 5.73 Å². The minimum absolute atomic E-state index is 0.218. The number of ether oxygens (including phenoxy) is 2. The van der Waals surface area contributed by atoms with Crippen molar-refractivity contribution in [3.05, 3.63) is 41.6 Å². The number of rotatable bonds is 3. The molecule has 8 nitrogen and oxygen atoms in total. The fraction of sp³-hybridized carbons (Fsp3) is 0.250. The Morgan fingerprint density at radius 3 is 2.71 bits per heavy atom. The van der Waals surface area contributed by atoms with Gasteiger partial charge in [-0.2, -0.15) is 10.4 Å². The lowest BCUT2D eigenvalue weighted by Gasteiger charge is -2.09. The number of nitrogen functional groups attached to an aromatic ring is 1. The Bertz CT molecular complexity index is 835. The molecule has 1 aromatic carbocycles. The highest BCUT2D eigenvalue weighted by molar-refractivity contribution is 5.92. The maximum atomic E-state index is 12.1. The van der Waals surface area contributed by atoms with Gasteiger partial charge >= 0.3 is 11.9 Å². The third-order valence-corrected chi connectivity index (χ3v) is 3.65. The Kier molecular flexibility index (Phi) is 3.92. The molecular weight excluding hydrogens is 312 g/mol. The van der Waals surface area contributed by atoms with Crippen LogP contribution in [0.1, 0.15) is 29.3 Å². The summed E-state index contributed by atoms with van der Waals surface area (Å²) in [6.45, 7) is 1.74. The molecule has 0 aliphatic carbocycles. The van der Waals surface area contributed by atoms with E-state index in [2.05, 4.69) is 5.10 Å². The van der Waals surface area contributed by atoms with Crippen molar-refractivity contribution in [2.45, 2.75) is 25.6 Å². The van der Waals surface area contributed by atoms with Gasteiger partial charge in [0.2, 0.25) is 6.10 Å². The highest BCUT2D eigenvalue weighted by Crippen LogP contribution is 2.20. The van der Waals surface area contributed by atoms with Crippen LogP contribution in [-0.2, 0) is 14.3 Å². The molecule has 2 atom stereocenters. The summed E-state index contributed by atoms with van der Waals surface area (Å²) in [7, 11) is 0. The van der Waals surface area contributed by atoms with E-state index in [0.717, 1.165) is 0 Å². The molecule has 8 heteroatoms. The molecule has 0 amide bonds. The Balaban J connectivity index is 1.74. The normalized spacial score (nSPS) is 19.6. The number of anilines is 1. The predicted octanol–water partition coefficient (Wildman–Crippen LogP) is 1.19. The second-order valence-corrected chi connectivity index (χ2v) is 5.39. The zero-order chi connectivity index (χ0) is 17.3. The molecule has 24 heavy (non-hydrogen) atoms. The molecule has 3 rings (SSSR count). The van der Waals surface area contributed by atoms with E-state index in [0.29, 0.717) is 12.1 Å². The Morgan fingerprint density at radius 1 is 1.46 bits per heavy atom. The molecule has 2 N–H and O–H groups in total. The standard InChI is InChI=1S/C16H14N4O4/c1-9-6-13(16(22)23-9)24-15(21)10-2-4-12(5-3-10)20-14(18)11(7-17)8-19-20/h2-5,8-9,13H,6,18H2,1H3/t9-,13-/m0/s1. The van der Waals surface area contributed by atoms with Gasteiger partial charge < -0.3 is 15.2 Å². The summed E-state index contributed by atoms with van der Waals surface area (Å²) in [5.41, 5.74) is 6.97. The van der Waals surface area contributed by atoms with Crippen molar-refractivity contribution in [2.24, 2.45) is 0 Å². The quantitative estimate of drug-likeness (QED) is 0.841. The molecule has 2 heterocycles. The first-order valence-corrected chi connectivity index (χ1v) is 7.25. The van der Waals surface area contributed by atoms with Crippen molar-refractivity contribution in [1.29, 1.82) is 5.26 Å². The van der Waals surface area contributed by atoms with E-state index in [1.807, 2.05) is 6.07 Å². The lowest BCUT2D eigenvalue weighted by Crippen LogP contribution is -2.22. The van der Waals surface area contributed by atoms with E-state index in [4.69, 9.17) is 20.5 Å². The molecule has 0 radical (unpaired) electrons. The van der Waals surface area contributed by atoms with E-state index in [1.165, 1.54) is 23.0 Å². The minimum atomic E-state index is -0.868. The monoisotopic (exact) mass is 326 g/mol. The number of carbonyl (C=O) groups excluding carboxylic acids is 2. The Hall–Kier alpha value is -3.34. The average Bonchev–Trinajstić information content (AvgIpc) is 3.09. The minimum Gasteiger partial charge on any atom is -0.460 e. The van der Waals surface area contributed by atoms with Crippen molar-refractivity contribution >= 4 is 17.8 Å². The molecule has 0 bridgehead atoms. The molecule has 2 aromatic rings. The van der Waals surface area contributed by atoms with E-state index in [1.54, 1.807) is 19.1 Å². The predicted molar refractivity (Wildman–Crippen MR) is 82.1 cm³/mol. The molecule has 1 aliphatic rings. The molecule has 122 valence electrons. The molecule has 0 saturated carbocycles. The van der Waals surface area contributed by atoms with Gasteiger partial charge in [-0.25, -0.2) is 14.3 Å². The zero-order valence-electron chi connectivity index (χ0n) is 12.8. The number of hydrogen-bond acceptors (Lipinski definition) is 7. The van der Waals surface area contributed by atoms with Gasteiger partial charge in [0, 0.05) is 6.42 Å². The summed E-state index contributed by atoms with van der Waals surface area (Å²) in [6.07, 6.45) is 0.593. The number of esters is 2. The first kappa shape index (κ1) is 15.6. The van der Waals surface area contributed by atoms with E-state index < -0.39 is 18.0 Å². The summed E-state index contributed by atoms with van der Waals surface area (Å²) in [5, 5.41) is 12.9. The van der Waals surface area contributed by atoms with Crippen LogP contribution in [0.2, 0.25) is 0 Å². The van der Waals surface area contributed by atoms with Gasteiger partial charge in [0.05, 0.1) is 17.4 Å². The molecule has 1 aliphatic heterocycles. The van der Waals surface area contributed by atoms with Crippen molar-refractivity contribution in [3.63, 3.8) is 0 Å². The van der Waals surface area contributed by atoms with E-state index >= 15 is 0 Å². The third kappa shape index (κ3) is 2.79. The van der Waals surface area contributed by atoms with Gasteiger partial charge in [-0.3, -0.25) is 0 Å². The lowest BCUT2D eigenvalue weighted by atomic mass is 10.2. The van der Waals surface area contributed by atoms with Crippen molar-refractivity contribution in [2.75, 3.05) is 5.73 Å². The number of nitriles is 1. The van der Waals surface area contributed by atoms with Gasteiger partial charge in [0.15, 0.2) is 0 Å². The Morgan fingerprint density at radius 2 is 2.17 bits per heavy atom. The summed E-state index contributed by atoms with van der Waals surface area (Å²) >= 11 is 0. The van der Waals surface area contributed by atoms with Crippen LogP contribution in [-0.4, -0.2) is 33.9 Å². The molecular formula is C16H14N4O4. The number of nitrogens with two attached hydrogens (primary N) is 1. The highest BCUT2D eigenvalue weighted by Gasteiger charge is 2.35. The van der Waals surface area contributed by atoms with Crippen LogP contribution in [0.15, 0.2) is 30.5 Å². The molecule has 0 spiro atoms. The molecule has 1 aromatic heterocycles. The van der Waals surface area contributed by atoms with E-state index in [9.17, 15) is 9.59 Å². The number of carbonyl (C=O) groups is 2. The van der Waals surface area contributed by atoms with Crippen LogP contribution in [0.3, 0.4) is 0 Å². The summed E-state index contributed by atoms with van der Waals surface area (Å²) < 4.78 is 11.5. The van der Waals surface area contributed by atoms with Crippen molar-refractivity contribution in [1.82, 2.24) is 9.78 Å². The summed E-state index contributed by atoms with van der Waals surface area (Å²) in [4.78, 5) is 23.6. The van der Waals surface area contributed by atoms with Crippen LogP contribution in [0.4, 0.5) is 5.82 Å². The smallest absolute Gasteiger partial charge is 0.347 e. The van der Waals surface area contributed by atoms with Gasteiger partial charge in [-0.05, 0) is 31.2 Å². The van der Waals surface area contributed by atoms with Crippen LogP contribution in [0.5, 0.6) is 0 Å². The van der Waals surface area contributed by atoms with Gasteiger partial charge in [0.25, 0.3) is 0 Å². The van der Waals surface area contributed by atoms with Crippen LogP contribution in [0.25, 0.3) is 5.69 Å². The second kappa shape index (κ2) is 6.04. The lowest BCUT2D eigenvalue weighted by molar-refractivity contribution is -0.147. The van der Waals surface area contributed by atoms with Crippen LogP contribution >= 0.6 is 0 Å². The second-order valence-electron chi connectivity index (χ2n) is 5.39. The van der Waals surface area contributed by atoms with Gasteiger partial charge in [0.1, 0.15) is 23.6 Å². The number of benzene rings is 1. The topological polar surface area (TPSA) is 120 Å². The number of aromatic nitrogens is 2. The summed E-state index contributed by atoms with van der Waals surface area (Å²) in [5.74, 6) is -0.917. The molecule has 1 fully saturated rings. The van der Waals surface area contributed by atoms with Gasteiger partial charge in [-0.15, -0.1) is 0 Å².